The molecule has 0 saturated carbocycles. The van der Waals surface area contributed by atoms with E-state index >= 15 is 0 Å². The largest absolute Gasteiger partial charge is 0.497 e. The zero-order valence-electron chi connectivity index (χ0n) is 28.3. The first kappa shape index (κ1) is 33.9. The van der Waals surface area contributed by atoms with Crippen molar-refractivity contribution < 1.29 is 28.5 Å². The molecule has 0 bridgehead atoms. The lowest BCUT2D eigenvalue weighted by molar-refractivity contribution is 0.0302. The van der Waals surface area contributed by atoms with Gasteiger partial charge in [-0.05, 0) is 54.4 Å². The lowest BCUT2D eigenvalue weighted by Crippen LogP contribution is -2.40. The molecule has 1 N–H and O–H groups in total. The Balaban J connectivity index is 1.34. The fraction of sp³-hybridized carbons (Fsp3) is 0.278. The van der Waals surface area contributed by atoms with Crippen molar-refractivity contribution in [3.8, 4) is 29.1 Å². The zero-order chi connectivity index (χ0) is 34.9. The number of pyridine rings is 2. The molecule has 5 aromatic rings. The summed E-state index contributed by atoms with van der Waals surface area (Å²) in [4.78, 5) is 40.0. The Morgan fingerprint density at radius 3 is 2.06 bits per heavy atom. The molecule has 1 amide bonds. The SMILES string of the molecule is COc1ccc(CN(Cc2ccc(OC)cc2)c2nc(C)nc(Oc3cc(C(=O)N4CCOCC4)cnc3Nc3ccc(OC)nc3)n2)cc1. The molecular weight excluding hydrogens is 640 g/mol. The van der Waals surface area contributed by atoms with Crippen molar-refractivity contribution >= 4 is 23.4 Å². The highest BCUT2D eigenvalue weighted by molar-refractivity contribution is 5.95. The van der Waals surface area contributed by atoms with Gasteiger partial charge in [-0.3, -0.25) is 4.79 Å². The van der Waals surface area contributed by atoms with Crippen LogP contribution in [0.4, 0.5) is 17.5 Å². The summed E-state index contributed by atoms with van der Waals surface area (Å²) in [5.74, 6) is 3.24. The second-order valence-corrected chi connectivity index (χ2v) is 11.3. The summed E-state index contributed by atoms with van der Waals surface area (Å²) >= 11 is 0. The standard InChI is InChI=1S/C36H38N8O6/c1-24-39-35(44(22-25-5-10-29(46-2)11-6-25)23-26-7-12-30(47-3)13-8-26)42-36(40-24)50-31-19-27(34(45)43-15-17-49-18-16-43)20-38-33(31)41-28-9-14-32(48-4)37-21-28/h5-14,19-21H,15-18,22-23H2,1-4H3,(H,38,41). The topological polar surface area (TPSA) is 146 Å². The molecule has 1 aliphatic heterocycles. The Labute approximate surface area is 290 Å². The van der Waals surface area contributed by atoms with Crippen molar-refractivity contribution in [2.45, 2.75) is 20.0 Å². The maximum absolute atomic E-state index is 13.4. The van der Waals surface area contributed by atoms with Crippen molar-refractivity contribution in [3.05, 3.63) is 102 Å². The molecule has 258 valence electrons. The molecule has 14 heteroatoms. The Morgan fingerprint density at radius 1 is 0.820 bits per heavy atom. The van der Waals surface area contributed by atoms with Crippen molar-refractivity contribution in [3.63, 3.8) is 0 Å². The highest BCUT2D eigenvalue weighted by atomic mass is 16.5. The molecule has 0 spiro atoms. The Morgan fingerprint density at radius 2 is 1.48 bits per heavy atom. The van der Waals surface area contributed by atoms with Crippen LogP contribution < -0.4 is 29.2 Å². The van der Waals surface area contributed by atoms with E-state index in [2.05, 4.69) is 20.3 Å². The van der Waals surface area contributed by atoms with Crippen LogP contribution in [0.15, 0.2) is 79.1 Å². The normalized spacial score (nSPS) is 12.6. The maximum Gasteiger partial charge on any atom is 0.327 e. The second kappa shape index (κ2) is 15.9. The van der Waals surface area contributed by atoms with Crippen LogP contribution in [0, 0.1) is 6.92 Å². The van der Waals surface area contributed by atoms with Crippen LogP contribution in [-0.2, 0) is 17.8 Å². The van der Waals surface area contributed by atoms with E-state index in [0.29, 0.717) is 74.1 Å². The third-order valence-corrected chi connectivity index (χ3v) is 7.87. The van der Waals surface area contributed by atoms with Crippen LogP contribution in [0.1, 0.15) is 27.3 Å². The molecule has 50 heavy (non-hydrogen) atoms. The number of hydrogen-bond donors (Lipinski definition) is 1. The molecule has 1 saturated heterocycles. The molecular formula is C36H38N8O6. The number of carbonyl (C=O) groups excluding carboxylic acids is 1. The molecule has 1 fully saturated rings. The van der Waals surface area contributed by atoms with Gasteiger partial charge in [-0.25, -0.2) is 9.97 Å². The van der Waals surface area contributed by atoms with E-state index < -0.39 is 0 Å². The number of aryl methyl sites for hydroxylation is 1. The van der Waals surface area contributed by atoms with Gasteiger partial charge in [0.2, 0.25) is 11.8 Å². The number of rotatable bonds is 13. The van der Waals surface area contributed by atoms with E-state index in [9.17, 15) is 4.79 Å². The van der Waals surface area contributed by atoms with Gasteiger partial charge in [-0.2, -0.15) is 15.0 Å². The molecule has 0 aliphatic carbocycles. The molecule has 4 heterocycles. The number of aromatic nitrogens is 5. The summed E-state index contributed by atoms with van der Waals surface area (Å²) in [5.41, 5.74) is 3.04. The number of carbonyl (C=O) groups is 1. The van der Waals surface area contributed by atoms with Gasteiger partial charge in [0.15, 0.2) is 11.6 Å². The molecule has 6 rings (SSSR count). The van der Waals surface area contributed by atoms with Gasteiger partial charge in [0.05, 0.1) is 52.0 Å². The van der Waals surface area contributed by atoms with Gasteiger partial charge in [-0.15, -0.1) is 0 Å². The van der Waals surface area contributed by atoms with Crippen LogP contribution >= 0.6 is 0 Å². The minimum absolute atomic E-state index is 0.0376. The predicted molar refractivity (Wildman–Crippen MR) is 186 cm³/mol. The number of hydrogen-bond acceptors (Lipinski definition) is 13. The van der Waals surface area contributed by atoms with Gasteiger partial charge in [0.1, 0.15) is 17.3 Å². The Bertz CT molecular complexity index is 1840. The zero-order valence-corrected chi connectivity index (χ0v) is 28.3. The predicted octanol–water partition coefficient (Wildman–Crippen LogP) is 5.21. The number of benzene rings is 2. The minimum Gasteiger partial charge on any atom is -0.497 e. The van der Waals surface area contributed by atoms with E-state index in [0.717, 1.165) is 22.6 Å². The molecule has 0 unspecified atom stereocenters. The monoisotopic (exact) mass is 678 g/mol. The first-order valence-corrected chi connectivity index (χ1v) is 16.0. The lowest BCUT2D eigenvalue weighted by Gasteiger charge is -2.27. The fourth-order valence-corrected chi connectivity index (χ4v) is 5.22. The van der Waals surface area contributed by atoms with Crippen LogP contribution in [0.5, 0.6) is 29.1 Å². The lowest BCUT2D eigenvalue weighted by atomic mass is 10.1. The Kier molecular flexibility index (Phi) is 10.8. The third-order valence-electron chi connectivity index (χ3n) is 7.87. The van der Waals surface area contributed by atoms with Gasteiger partial charge < -0.3 is 38.8 Å². The second-order valence-electron chi connectivity index (χ2n) is 11.3. The summed E-state index contributed by atoms with van der Waals surface area (Å²) in [7, 11) is 4.82. The van der Waals surface area contributed by atoms with Gasteiger partial charge in [-0.1, -0.05) is 24.3 Å². The van der Waals surface area contributed by atoms with E-state index in [4.69, 9.17) is 33.7 Å². The Hall–Kier alpha value is -6.02. The van der Waals surface area contributed by atoms with E-state index in [-0.39, 0.29) is 17.7 Å². The first-order chi connectivity index (χ1) is 24.4. The summed E-state index contributed by atoms with van der Waals surface area (Å²) in [6, 6.07) is 20.9. The molecule has 3 aromatic heterocycles. The average Bonchev–Trinajstić information content (AvgIpc) is 3.16. The molecule has 14 nitrogen and oxygen atoms in total. The highest BCUT2D eigenvalue weighted by Gasteiger charge is 2.22. The van der Waals surface area contributed by atoms with Gasteiger partial charge in [0, 0.05) is 38.4 Å². The van der Waals surface area contributed by atoms with Crippen LogP contribution in [0.2, 0.25) is 0 Å². The van der Waals surface area contributed by atoms with Crippen LogP contribution in [0.3, 0.4) is 0 Å². The smallest absolute Gasteiger partial charge is 0.327 e. The molecule has 1 aliphatic rings. The highest BCUT2D eigenvalue weighted by Crippen LogP contribution is 2.31. The molecule has 0 radical (unpaired) electrons. The number of methoxy groups -OCH3 is 3. The average molecular weight is 679 g/mol. The molecule has 0 atom stereocenters. The summed E-state index contributed by atoms with van der Waals surface area (Å²) in [5, 5.41) is 3.22. The van der Waals surface area contributed by atoms with Gasteiger partial charge >= 0.3 is 6.01 Å². The number of nitrogens with zero attached hydrogens (tertiary/aromatic N) is 7. The van der Waals surface area contributed by atoms with Crippen LogP contribution in [0.25, 0.3) is 0 Å². The summed E-state index contributed by atoms with van der Waals surface area (Å²) in [6.45, 7) is 4.67. The fourth-order valence-electron chi connectivity index (χ4n) is 5.22. The third kappa shape index (κ3) is 8.52. The summed E-state index contributed by atoms with van der Waals surface area (Å²) in [6.07, 6.45) is 3.12. The number of ether oxygens (including phenoxy) is 5. The van der Waals surface area contributed by atoms with E-state index in [1.807, 2.05) is 53.4 Å². The van der Waals surface area contributed by atoms with Crippen molar-refractivity contribution in [2.75, 3.05) is 57.8 Å². The number of nitrogens with one attached hydrogen (secondary N) is 1. The first-order valence-electron chi connectivity index (χ1n) is 16.0. The molecule has 2 aromatic carbocycles. The minimum atomic E-state index is -0.180. The van der Waals surface area contributed by atoms with Gasteiger partial charge in [0.25, 0.3) is 5.91 Å². The maximum atomic E-state index is 13.4. The summed E-state index contributed by atoms with van der Waals surface area (Å²) < 4.78 is 27.7. The van der Waals surface area contributed by atoms with Crippen LogP contribution in [-0.4, -0.2) is 83.4 Å². The van der Waals surface area contributed by atoms with Crippen molar-refractivity contribution in [1.82, 2.24) is 29.8 Å². The van der Waals surface area contributed by atoms with Crippen molar-refractivity contribution in [2.24, 2.45) is 0 Å². The quantitative estimate of drug-likeness (QED) is 0.174. The van der Waals surface area contributed by atoms with E-state index in [1.165, 1.54) is 6.20 Å². The number of morpholine rings is 1. The van der Waals surface area contributed by atoms with Crippen molar-refractivity contribution in [1.29, 1.82) is 0 Å². The van der Waals surface area contributed by atoms with E-state index in [1.54, 1.807) is 57.5 Å². The number of amides is 1. The number of anilines is 3.